The van der Waals surface area contributed by atoms with Crippen molar-refractivity contribution in [2.45, 2.75) is 25.3 Å². The lowest BCUT2D eigenvalue weighted by molar-refractivity contribution is 0.105. The van der Waals surface area contributed by atoms with Crippen LogP contribution in [0, 0.1) is 12.7 Å². The summed E-state index contributed by atoms with van der Waals surface area (Å²) in [6.45, 7) is 1.05. The van der Waals surface area contributed by atoms with Crippen molar-refractivity contribution in [1.82, 2.24) is 4.98 Å². The summed E-state index contributed by atoms with van der Waals surface area (Å²) in [6, 6.07) is 13.6. The minimum atomic E-state index is -1.31. The summed E-state index contributed by atoms with van der Waals surface area (Å²) in [6.07, 6.45) is 1.38. The van der Waals surface area contributed by atoms with E-state index in [4.69, 9.17) is 14.6 Å². The van der Waals surface area contributed by atoms with Gasteiger partial charge in [0.1, 0.15) is 28.5 Å². The molecule has 4 rings (SSSR count). The summed E-state index contributed by atoms with van der Waals surface area (Å²) in [7, 11) is 0. The van der Waals surface area contributed by atoms with E-state index in [2.05, 4.69) is 4.98 Å². The lowest BCUT2D eigenvalue weighted by Gasteiger charge is -2.21. The van der Waals surface area contributed by atoms with Gasteiger partial charge in [-0.05, 0) is 61.4 Å². The van der Waals surface area contributed by atoms with Crippen LogP contribution >= 0.6 is 0 Å². The Bertz CT molecular complexity index is 1160. The lowest BCUT2D eigenvalue weighted by atomic mass is 9.99. The second-order valence-corrected chi connectivity index (χ2v) is 7.49. The molecular formula is C23H23FN2O4. The Labute approximate surface area is 172 Å². The molecule has 0 saturated heterocycles. The number of furan rings is 1. The molecule has 30 heavy (non-hydrogen) atoms. The molecule has 0 bridgehead atoms. The van der Waals surface area contributed by atoms with Crippen LogP contribution in [0.15, 0.2) is 57.4 Å². The summed E-state index contributed by atoms with van der Waals surface area (Å²) >= 11 is 0. The lowest BCUT2D eigenvalue weighted by Crippen LogP contribution is -2.43. The highest BCUT2D eigenvalue weighted by Crippen LogP contribution is 2.28. The zero-order valence-corrected chi connectivity index (χ0v) is 16.6. The van der Waals surface area contributed by atoms with E-state index in [1.807, 2.05) is 25.1 Å². The van der Waals surface area contributed by atoms with Crippen LogP contribution in [0.25, 0.3) is 22.4 Å². The van der Waals surface area contributed by atoms with Crippen LogP contribution in [0.3, 0.4) is 0 Å². The predicted octanol–water partition coefficient (Wildman–Crippen LogP) is 3.46. The van der Waals surface area contributed by atoms with Crippen molar-refractivity contribution in [3.8, 4) is 11.5 Å². The number of benzene rings is 2. The summed E-state index contributed by atoms with van der Waals surface area (Å²) < 4.78 is 24.7. The Morgan fingerprint density at radius 3 is 2.43 bits per heavy atom. The Hall–Kier alpha value is -3.00. The number of aliphatic hydroxyl groups excluding tert-OH is 2. The largest absolute Gasteiger partial charge is 0.459 e. The third-order valence-corrected chi connectivity index (χ3v) is 5.26. The van der Waals surface area contributed by atoms with Crippen molar-refractivity contribution in [1.29, 1.82) is 0 Å². The van der Waals surface area contributed by atoms with Crippen LogP contribution in [-0.2, 0) is 18.4 Å². The average molecular weight is 410 g/mol. The van der Waals surface area contributed by atoms with Crippen LogP contribution < -0.4 is 5.73 Å². The third-order valence-electron chi connectivity index (χ3n) is 5.26. The number of oxazole rings is 1. The maximum absolute atomic E-state index is 13.1. The molecule has 2 aromatic heterocycles. The Morgan fingerprint density at radius 1 is 1.00 bits per heavy atom. The number of nitrogens with zero attached hydrogens (tertiary/aromatic N) is 1. The van der Waals surface area contributed by atoms with Gasteiger partial charge in [0, 0.05) is 17.4 Å². The molecule has 2 aromatic carbocycles. The van der Waals surface area contributed by atoms with Crippen LogP contribution in [0.2, 0.25) is 0 Å². The third kappa shape index (κ3) is 3.87. The van der Waals surface area contributed by atoms with Crippen LogP contribution in [0.4, 0.5) is 4.39 Å². The van der Waals surface area contributed by atoms with Crippen molar-refractivity contribution in [3.05, 3.63) is 77.1 Å². The SMILES string of the molecule is Cc1nc(-c2ccc(F)cc2)oc1CCc1ccc2oc(C(N)(CO)CO)cc2c1. The van der Waals surface area contributed by atoms with E-state index in [1.54, 1.807) is 18.2 Å². The number of hydrogen-bond acceptors (Lipinski definition) is 6. The van der Waals surface area contributed by atoms with E-state index in [-0.39, 0.29) is 5.82 Å². The molecule has 0 radical (unpaired) electrons. The number of halogens is 1. The van der Waals surface area contributed by atoms with Crippen molar-refractivity contribution < 1.29 is 23.4 Å². The van der Waals surface area contributed by atoms with Gasteiger partial charge in [0.05, 0.1) is 18.9 Å². The molecule has 0 aliphatic heterocycles. The normalized spacial score (nSPS) is 12.0. The summed E-state index contributed by atoms with van der Waals surface area (Å²) in [5.74, 6) is 1.30. The highest BCUT2D eigenvalue weighted by Gasteiger charge is 2.30. The van der Waals surface area contributed by atoms with Gasteiger partial charge in [-0.3, -0.25) is 0 Å². The fraction of sp³-hybridized carbons (Fsp3) is 0.261. The van der Waals surface area contributed by atoms with Crippen molar-refractivity contribution in [2.24, 2.45) is 5.73 Å². The molecule has 0 fully saturated rings. The smallest absolute Gasteiger partial charge is 0.226 e. The highest BCUT2D eigenvalue weighted by atomic mass is 19.1. The molecule has 0 spiro atoms. The standard InChI is InChI=1S/C23H23FN2O4/c1-14-19(30-22(26-14)16-4-6-18(24)7-5-16)8-2-15-3-9-20-17(10-15)11-21(29-20)23(25,12-27)13-28/h3-7,9-11,27-28H,2,8,12-13,25H2,1H3. The topological polar surface area (TPSA) is 106 Å². The number of hydrogen-bond donors (Lipinski definition) is 3. The molecule has 4 aromatic rings. The van der Waals surface area contributed by atoms with Gasteiger partial charge in [-0.15, -0.1) is 0 Å². The van der Waals surface area contributed by atoms with Gasteiger partial charge in [0.25, 0.3) is 0 Å². The monoisotopic (exact) mass is 410 g/mol. The number of rotatable bonds is 7. The van der Waals surface area contributed by atoms with E-state index < -0.39 is 18.8 Å². The van der Waals surface area contributed by atoms with Crippen LogP contribution in [0.1, 0.15) is 22.8 Å². The van der Waals surface area contributed by atoms with Crippen molar-refractivity contribution in [2.75, 3.05) is 13.2 Å². The van der Waals surface area contributed by atoms with E-state index in [9.17, 15) is 14.6 Å². The first kappa shape index (κ1) is 20.3. The first-order valence-electron chi connectivity index (χ1n) is 9.67. The zero-order chi connectivity index (χ0) is 21.3. The number of fused-ring (bicyclic) bond motifs is 1. The fourth-order valence-corrected chi connectivity index (χ4v) is 3.33. The van der Waals surface area contributed by atoms with Crippen LogP contribution in [0.5, 0.6) is 0 Å². The second-order valence-electron chi connectivity index (χ2n) is 7.49. The highest BCUT2D eigenvalue weighted by molar-refractivity contribution is 5.79. The molecule has 156 valence electrons. The molecule has 0 saturated carbocycles. The van der Waals surface area contributed by atoms with E-state index in [0.29, 0.717) is 23.7 Å². The van der Waals surface area contributed by atoms with Crippen molar-refractivity contribution >= 4 is 11.0 Å². The van der Waals surface area contributed by atoms with Crippen LogP contribution in [-0.4, -0.2) is 28.4 Å². The summed E-state index contributed by atoms with van der Waals surface area (Å²) in [5, 5.41) is 19.8. The molecule has 0 amide bonds. The summed E-state index contributed by atoms with van der Waals surface area (Å²) in [4.78, 5) is 4.46. The minimum Gasteiger partial charge on any atom is -0.459 e. The van der Waals surface area contributed by atoms with Gasteiger partial charge < -0.3 is 24.8 Å². The molecule has 0 aliphatic rings. The quantitative estimate of drug-likeness (QED) is 0.431. The molecule has 7 heteroatoms. The molecule has 2 heterocycles. The molecule has 0 unspecified atom stereocenters. The molecule has 4 N–H and O–H groups in total. The van der Waals surface area contributed by atoms with Gasteiger partial charge in [0.15, 0.2) is 0 Å². The van der Waals surface area contributed by atoms with Gasteiger partial charge in [-0.2, -0.15) is 0 Å². The molecule has 6 nitrogen and oxygen atoms in total. The zero-order valence-electron chi connectivity index (χ0n) is 16.6. The Kier molecular flexibility index (Phi) is 5.42. The number of aryl methyl sites for hydroxylation is 3. The van der Waals surface area contributed by atoms with Crippen molar-refractivity contribution in [3.63, 3.8) is 0 Å². The number of aliphatic hydroxyl groups is 2. The molecular weight excluding hydrogens is 387 g/mol. The molecule has 0 aliphatic carbocycles. The first-order chi connectivity index (χ1) is 14.4. The summed E-state index contributed by atoms with van der Waals surface area (Å²) in [5.41, 5.74) is 7.93. The first-order valence-corrected chi connectivity index (χ1v) is 9.67. The minimum absolute atomic E-state index is 0.301. The molecule has 0 atom stereocenters. The van der Waals surface area contributed by atoms with Gasteiger partial charge in [0.2, 0.25) is 5.89 Å². The van der Waals surface area contributed by atoms with Gasteiger partial charge in [-0.25, -0.2) is 9.37 Å². The average Bonchev–Trinajstić information content (AvgIpc) is 3.35. The Morgan fingerprint density at radius 2 is 1.73 bits per heavy atom. The van der Waals surface area contributed by atoms with E-state index >= 15 is 0 Å². The number of aromatic nitrogens is 1. The fourth-order valence-electron chi connectivity index (χ4n) is 3.33. The maximum Gasteiger partial charge on any atom is 0.226 e. The van der Waals surface area contributed by atoms with E-state index in [0.717, 1.165) is 34.4 Å². The van der Waals surface area contributed by atoms with Gasteiger partial charge >= 0.3 is 0 Å². The second kappa shape index (κ2) is 8.02. The maximum atomic E-state index is 13.1. The Balaban J connectivity index is 1.52. The number of nitrogens with two attached hydrogens (primary N) is 1. The predicted molar refractivity (Wildman–Crippen MR) is 110 cm³/mol. The van der Waals surface area contributed by atoms with Gasteiger partial charge in [-0.1, -0.05) is 6.07 Å². The van der Waals surface area contributed by atoms with E-state index in [1.165, 1.54) is 12.1 Å².